The van der Waals surface area contributed by atoms with Gasteiger partial charge in [0.2, 0.25) is 0 Å². The molecule has 0 unspecified atom stereocenters. The van der Waals surface area contributed by atoms with E-state index in [-0.39, 0.29) is 11.6 Å². The Hall–Kier alpha value is -3.02. The normalized spacial score (nSPS) is 10.7. The van der Waals surface area contributed by atoms with E-state index in [4.69, 9.17) is 4.74 Å². The van der Waals surface area contributed by atoms with Gasteiger partial charge in [0, 0.05) is 5.56 Å². The Labute approximate surface area is 119 Å². The first-order valence-electron chi connectivity index (χ1n) is 6.20. The third-order valence-corrected chi connectivity index (χ3v) is 3.17. The highest BCUT2D eigenvalue weighted by atomic mass is 16.5. The van der Waals surface area contributed by atoms with E-state index < -0.39 is 5.97 Å². The van der Waals surface area contributed by atoms with Crippen LogP contribution in [0.4, 0.5) is 0 Å². The number of rotatable bonds is 3. The Kier molecular flexibility index (Phi) is 2.98. The van der Waals surface area contributed by atoms with Gasteiger partial charge in [-0.3, -0.25) is 4.40 Å². The van der Waals surface area contributed by atoms with E-state index in [1.54, 1.807) is 43.5 Å². The number of hydrogen-bond acceptors (Lipinski definition) is 4. The molecule has 0 saturated heterocycles. The summed E-state index contributed by atoms with van der Waals surface area (Å²) in [4.78, 5) is 15.5. The van der Waals surface area contributed by atoms with Gasteiger partial charge in [-0.05, 0) is 24.3 Å². The summed E-state index contributed by atoms with van der Waals surface area (Å²) in [6.45, 7) is 0. The number of imidazole rings is 1. The highest BCUT2D eigenvalue weighted by Crippen LogP contribution is 2.29. The molecule has 6 nitrogen and oxygen atoms in total. The molecule has 2 heterocycles. The van der Waals surface area contributed by atoms with Gasteiger partial charge >= 0.3 is 5.97 Å². The van der Waals surface area contributed by atoms with Crippen molar-refractivity contribution in [3.05, 3.63) is 48.2 Å². The smallest absolute Gasteiger partial charge is 0.356 e. The Balaban J connectivity index is 2.34. The van der Waals surface area contributed by atoms with Crippen molar-refractivity contribution in [2.75, 3.05) is 7.11 Å². The van der Waals surface area contributed by atoms with Crippen LogP contribution in [0.3, 0.4) is 0 Å². The Morgan fingerprint density at radius 3 is 2.71 bits per heavy atom. The zero-order valence-electron chi connectivity index (χ0n) is 11.1. The van der Waals surface area contributed by atoms with Crippen LogP contribution in [0.25, 0.3) is 16.9 Å². The molecule has 0 atom stereocenters. The standard InChI is InChI=1S/C15H12N2O4/c1-21-10-5-2-4-9(8-10)14-16-13(15(19)20)11-6-3-7-12(18)17(11)14/h2-8,18H,1H3,(H,19,20). The molecule has 2 aromatic heterocycles. The summed E-state index contributed by atoms with van der Waals surface area (Å²) in [6.07, 6.45) is 0. The van der Waals surface area contributed by atoms with E-state index in [2.05, 4.69) is 4.98 Å². The first-order chi connectivity index (χ1) is 10.1. The summed E-state index contributed by atoms with van der Waals surface area (Å²) < 4.78 is 6.56. The highest BCUT2D eigenvalue weighted by molar-refractivity contribution is 5.95. The summed E-state index contributed by atoms with van der Waals surface area (Å²) in [5.74, 6) is -0.256. The maximum absolute atomic E-state index is 11.3. The Morgan fingerprint density at radius 2 is 2.00 bits per heavy atom. The van der Waals surface area contributed by atoms with Crippen LogP contribution >= 0.6 is 0 Å². The van der Waals surface area contributed by atoms with Crippen LogP contribution in [-0.4, -0.2) is 32.7 Å². The van der Waals surface area contributed by atoms with E-state index in [1.165, 1.54) is 10.5 Å². The lowest BCUT2D eigenvalue weighted by atomic mass is 10.2. The number of fused-ring (bicyclic) bond motifs is 1. The van der Waals surface area contributed by atoms with Crippen molar-refractivity contribution in [3.63, 3.8) is 0 Å². The molecule has 3 rings (SSSR count). The molecule has 0 bridgehead atoms. The Morgan fingerprint density at radius 1 is 1.24 bits per heavy atom. The first kappa shape index (κ1) is 13.0. The van der Waals surface area contributed by atoms with Gasteiger partial charge in [0.05, 0.1) is 12.6 Å². The maximum atomic E-state index is 11.3. The predicted molar refractivity (Wildman–Crippen MR) is 75.8 cm³/mol. The van der Waals surface area contributed by atoms with E-state index in [0.717, 1.165) is 0 Å². The SMILES string of the molecule is COc1cccc(-c2nc(C(=O)O)c3cccc(O)n23)c1. The lowest BCUT2D eigenvalue weighted by Crippen LogP contribution is -1.97. The number of ether oxygens (including phenoxy) is 1. The molecule has 2 N–H and O–H groups in total. The van der Waals surface area contributed by atoms with Gasteiger partial charge in [-0.25, -0.2) is 9.78 Å². The third kappa shape index (κ3) is 2.06. The van der Waals surface area contributed by atoms with E-state index in [9.17, 15) is 15.0 Å². The monoisotopic (exact) mass is 284 g/mol. The fourth-order valence-corrected chi connectivity index (χ4v) is 2.23. The van der Waals surface area contributed by atoms with E-state index in [1.807, 2.05) is 0 Å². The largest absolute Gasteiger partial charge is 0.497 e. The summed E-state index contributed by atoms with van der Waals surface area (Å²) >= 11 is 0. The van der Waals surface area contributed by atoms with Crippen molar-refractivity contribution < 1.29 is 19.7 Å². The molecule has 6 heteroatoms. The molecular weight excluding hydrogens is 272 g/mol. The van der Waals surface area contributed by atoms with Gasteiger partial charge in [-0.1, -0.05) is 18.2 Å². The molecule has 0 saturated carbocycles. The topological polar surface area (TPSA) is 84.1 Å². The number of carbonyl (C=O) groups is 1. The van der Waals surface area contributed by atoms with Crippen LogP contribution < -0.4 is 4.74 Å². The van der Waals surface area contributed by atoms with Crippen LogP contribution in [0.5, 0.6) is 11.6 Å². The van der Waals surface area contributed by atoms with Gasteiger partial charge < -0.3 is 14.9 Å². The second-order valence-electron chi connectivity index (χ2n) is 4.43. The molecule has 0 radical (unpaired) electrons. The number of aromatic hydroxyl groups is 1. The lowest BCUT2D eigenvalue weighted by Gasteiger charge is -2.05. The number of aromatic carboxylic acids is 1. The van der Waals surface area contributed by atoms with Crippen molar-refractivity contribution >= 4 is 11.5 Å². The minimum atomic E-state index is -1.15. The molecule has 0 spiro atoms. The summed E-state index contributed by atoms with van der Waals surface area (Å²) in [5, 5.41) is 19.3. The number of pyridine rings is 1. The zero-order valence-corrected chi connectivity index (χ0v) is 11.1. The quantitative estimate of drug-likeness (QED) is 0.771. The van der Waals surface area contributed by atoms with Crippen molar-refractivity contribution in [1.82, 2.24) is 9.38 Å². The molecule has 21 heavy (non-hydrogen) atoms. The Bertz CT molecular complexity index is 839. The zero-order chi connectivity index (χ0) is 15.0. The summed E-state index contributed by atoms with van der Waals surface area (Å²) in [6, 6.07) is 11.7. The molecule has 106 valence electrons. The minimum absolute atomic E-state index is 0.0784. The van der Waals surface area contributed by atoms with Crippen LogP contribution in [-0.2, 0) is 0 Å². The fraction of sp³-hybridized carbons (Fsp3) is 0.0667. The summed E-state index contributed by atoms with van der Waals surface area (Å²) in [7, 11) is 1.54. The van der Waals surface area contributed by atoms with Crippen molar-refractivity contribution in [2.45, 2.75) is 0 Å². The van der Waals surface area contributed by atoms with Crippen molar-refractivity contribution in [2.24, 2.45) is 0 Å². The predicted octanol–water partition coefficient (Wildman–Crippen LogP) is 2.41. The van der Waals surface area contributed by atoms with Crippen LogP contribution in [0, 0.1) is 0 Å². The second kappa shape index (κ2) is 4.82. The average Bonchev–Trinajstić information content (AvgIpc) is 2.88. The number of carboxylic acid groups (broad SMARTS) is 1. The number of aromatic nitrogens is 2. The molecule has 0 aliphatic rings. The minimum Gasteiger partial charge on any atom is -0.497 e. The molecule has 0 aliphatic carbocycles. The van der Waals surface area contributed by atoms with Crippen LogP contribution in [0.2, 0.25) is 0 Å². The molecule has 0 fully saturated rings. The van der Waals surface area contributed by atoms with Gasteiger partial charge in [-0.15, -0.1) is 0 Å². The molecular formula is C15H12N2O4. The second-order valence-corrected chi connectivity index (χ2v) is 4.43. The van der Waals surface area contributed by atoms with E-state index >= 15 is 0 Å². The van der Waals surface area contributed by atoms with Crippen molar-refractivity contribution in [3.8, 4) is 23.0 Å². The number of nitrogens with zero attached hydrogens (tertiary/aromatic N) is 2. The summed E-state index contributed by atoms with van der Waals surface area (Å²) in [5.41, 5.74) is 0.877. The first-order valence-corrected chi connectivity index (χ1v) is 6.20. The van der Waals surface area contributed by atoms with Gasteiger partial charge in [0.15, 0.2) is 11.6 Å². The molecule has 0 aliphatic heterocycles. The number of benzene rings is 1. The van der Waals surface area contributed by atoms with Crippen molar-refractivity contribution in [1.29, 1.82) is 0 Å². The molecule has 1 aromatic carbocycles. The number of hydrogen-bond donors (Lipinski definition) is 2. The molecule has 3 aromatic rings. The molecule has 0 amide bonds. The maximum Gasteiger partial charge on any atom is 0.356 e. The van der Waals surface area contributed by atoms with Gasteiger partial charge in [-0.2, -0.15) is 0 Å². The fourth-order valence-electron chi connectivity index (χ4n) is 2.23. The van der Waals surface area contributed by atoms with Gasteiger partial charge in [0.1, 0.15) is 11.6 Å². The third-order valence-electron chi connectivity index (χ3n) is 3.17. The number of methoxy groups -OCH3 is 1. The lowest BCUT2D eigenvalue weighted by molar-refractivity contribution is 0.0693. The van der Waals surface area contributed by atoms with Gasteiger partial charge in [0.25, 0.3) is 0 Å². The van der Waals surface area contributed by atoms with E-state index in [0.29, 0.717) is 22.7 Å². The average molecular weight is 284 g/mol. The highest BCUT2D eigenvalue weighted by Gasteiger charge is 2.19. The van der Waals surface area contributed by atoms with Crippen LogP contribution in [0.15, 0.2) is 42.5 Å². The number of carboxylic acids is 1. The van der Waals surface area contributed by atoms with Crippen LogP contribution in [0.1, 0.15) is 10.5 Å².